The van der Waals surface area contributed by atoms with Crippen LogP contribution in [0.2, 0.25) is 10.0 Å². The van der Waals surface area contributed by atoms with Gasteiger partial charge in [0.2, 0.25) is 0 Å². The Bertz CT molecular complexity index is 730. The molecule has 1 aromatic heterocycles. The lowest BCUT2D eigenvalue weighted by Gasteiger charge is -2.32. The number of hydrogen-bond donors (Lipinski definition) is 1. The van der Waals surface area contributed by atoms with Gasteiger partial charge in [-0.3, -0.25) is 4.79 Å². The topological polar surface area (TPSA) is 61.4 Å². The fraction of sp³-hybridized carbons (Fsp3) is 0.312. The third-order valence-electron chi connectivity index (χ3n) is 3.87. The highest BCUT2D eigenvalue weighted by molar-refractivity contribution is 6.42. The first kappa shape index (κ1) is 17.0. The second-order valence-corrected chi connectivity index (χ2v) is 6.47. The Balaban J connectivity index is 1.66. The third-order valence-corrected chi connectivity index (χ3v) is 4.61. The van der Waals surface area contributed by atoms with Gasteiger partial charge < -0.3 is 15.1 Å². The first-order valence-corrected chi connectivity index (χ1v) is 8.32. The van der Waals surface area contributed by atoms with E-state index in [4.69, 9.17) is 23.2 Å². The maximum Gasteiger partial charge on any atom is 0.274 e. The van der Waals surface area contributed by atoms with Crippen LogP contribution >= 0.6 is 23.2 Å². The zero-order chi connectivity index (χ0) is 17.1. The number of benzene rings is 1. The van der Waals surface area contributed by atoms with E-state index in [0.717, 1.165) is 18.8 Å². The molecular weight excluding hydrogens is 349 g/mol. The molecule has 0 aliphatic carbocycles. The van der Waals surface area contributed by atoms with Crippen LogP contribution in [-0.4, -0.2) is 59.1 Å². The average molecular weight is 366 g/mol. The highest BCUT2D eigenvalue weighted by atomic mass is 35.5. The van der Waals surface area contributed by atoms with Gasteiger partial charge in [0.05, 0.1) is 10.0 Å². The van der Waals surface area contributed by atoms with Gasteiger partial charge in [0, 0.05) is 31.9 Å². The van der Waals surface area contributed by atoms with Crippen molar-refractivity contribution in [3.05, 3.63) is 46.1 Å². The predicted octanol–water partition coefficient (Wildman–Crippen LogP) is 2.91. The van der Waals surface area contributed by atoms with Crippen molar-refractivity contribution in [3.63, 3.8) is 0 Å². The number of rotatable bonds is 3. The summed E-state index contributed by atoms with van der Waals surface area (Å²) in [4.78, 5) is 16.4. The van der Waals surface area contributed by atoms with Gasteiger partial charge in [0.15, 0.2) is 11.5 Å². The number of likely N-dealkylation sites (N-methyl/N-ethyl adjacent to an activating group) is 1. The molecular formula is C16H17Cl2N5O. The molecule has 6 nitrogen and oxygen atoms in total. The van der Waals surface area contributed by atoms with Gasteiger partial charge >= 0.3 is 0 Å². The third kappa shape index (κ3) is 3.95. The number of carbonyl (C=O) groups is 1. The van der Waals surface area contributed by atoms with Crippen molar-refractivity contribution in [2.75, 3.05) is 38.5 Å². The van der Waals surface area contributed by atoms with E-state index in [1.54, 1.807) is 35.2 Å². The number of anilines is 2. The predicted molar refractivity (Wildman–Crippen MR) is 95.2 cm³/mol. The molecule has 0 radical (unpaired) electrons. The van der Waals surface area contributed by atoms with Crippen LogP contribution in [0, 0.1) is 0 Å². The minimum Gasteiger partial charge on any atom is -0.339 e. The summed E-state index contributed by atoms with van der Waals surface area (Å²) in [6, 6.07) is 8.59. The Kier molecular flexibility index (Phi) is 5.18. The van der Waals surface area contributed by atoms with Crippen LogP contribution in [0.4, 0.5) is 11.5 Å². The van der Waals surface area contributed by atoms with E-state index in [1.165, 1.54) is 0 Å². The molecule has 0 atom stereocenters. The normalized spacial score (nSPS) is 15.4. The quantitative estimate of drug-likeness (QED) is 0.905. The van der Waals surface area contributed by atoms with Gasteiger partial charge in [-0.1, -0.05) is 23.2 Å². The Labute approximate surface area is 150 Å². The summed E-state index contributed by atoms with van der Waals surface area (Å²) in [6.45, 7) is 3.16. The summed E-state index contributed by atoms with van der Waals surface area (Å²) in [6.07, 6.45) is 0. The second-order valence-electron chi connectivity index (χ2n) is 5.65. The van der Waals surface area contributed by atoms with E-state index in [0.29, 0.717) is 34.6 Å². The van der Waals surface area contributed by atoms with Crippen molar-refractivity contribution < 1.29 is 4.79 Å². The lowest BCUT2D eigenvalue weighted by molar-refractivity contribution is 0.0657. The molecule has 0 spiro atoms. The molecule has 1 N–H and O–H groups in total. The van der Waals surface area contributed by atoms with Crippen LogP contribution in [0.3, 0.4) is 0 Å². The molecule has 8 heteroatoms. The van der Waals surface area contributed by atoms with Crippen molar-refractivity contribution in [1.82, 2.24) is 20.0 Å². The Morgan fingerprint density at radius 3 is 2.42 bits per heavy atom. The maximum absolute atomic E-state index is 12.4. The van der Waals surface area contributed by atoms with E-state index in [9.17, 15) is 4.79 Å². The number of nitrogens with one attached hydrogen (secondary N) is 1. The first-order valence-electron chi connectivity index (χ1n) is 7.56. The molecule has 2 aromatic rings. The molecule has 1 saturated heterocycles. The smallest absolute Gasteiger partial charge is 0.274 e. The number of carbonyl (C=O) groups excluding carboxylic acids is 1. The summed E-state index contributed by atoms with van der Waals surface area (Å²) < 4.78 is 0. The highest BCUT2D eigenvalue weighted by Crippen LogP contribution is 2.26. The van der Waals surface area contributed by atoms with Crippen LogP contribution in [0.5, 0.6) is 0 Å². The summed E-state index contributed by atoms with van der Waals surface area (Å²) in [7, 11) is 2.05. The molecule has 0 unspecified atom stereocenters. The molecule has 1 amide bonds. The van der Waals surface area contributed by atoms with Crippen LogP contribution in [-0.2, 0) is 0 Å². The Morgan fingerprint density at radius 2 is 1.79 bits per heavy atom. The summed E-state index contributed by atoms with van der Waals surface area (Å²) in [5.41, 5.74) is 1.09. The van der Waals surface area contributed by atoms with Crippen LogP contribution in [0.25, 0.3) is 0 Å². The molecule has 3 rings (SSSR count). The second kappa shape index (κ2) is 7.34. The SMILES string of the molecule is CN1CCN(C(=O)c2ccc(Nc3ccc(Cl)c(Cl)c3)nn2)CC1. The van der Waals surface area contributed by atoms with E-state index in [1.807, 2.05) is 7.05 Å². The van der Waals surface area contributed by atoms with E-state index < -0.39 is 0 Å². The van der Waals surface area contributed by atoms with Crippen molar-refractivity contribution in [2.24, 2.45) is 0 Å². The molecule has 126 valence electrons. The summed E-state index contributed by atoms with van der Waals surface area (Å²) in [5.74, 6) is 0.444. The molecule has 0 saturated carbocycles. The number of hydrogen-bond acceptors (Lipinski definition) is 5. The lowest BCUT2D eigenvalue weighted by Crippen LogP contribution is -2.47. The molecule has 1 fully saturated rings. The van der Waals surface area contributed by atoms with Gasteiger partial charge in [0.1, 0.15) is 0 Å². The zero-order valence-electron chi connectivity index (χ0n) is 13.2. The lowest BCUT2D eigenvalue weighted by atomic mass is 10.2. The number of aromatic nitrogens is 2. The molecule has 1 aliphatic heterocycles. The minimum absolute atomic E-state index is 0.0864. The van der Waals surface area contributed by atoms with Crippen molar-refractivity contribution in [1.29, 1.82) is 0 Å². The summed E-state index contributed by atoms with van der Waals surface area (Å²) in [5, 5.41) is 12.1. The van der Waals surface area contributed by atoms with Gasteiger partial charge in [-0.15, -0.1) is 10.2 Å². The molecule has 1 aromatic carbocycles. The monoisotopic (exact) mass is 365 g/mol. The van der Waals surface area contributed by atoms with Gasteiger partial charge in [-0.25, -0.2) is 0 Å². The van der Waals surface area contributed by atoms with Crippen molar-refractivity contribution in [3.8, 4) is 0 Å². The van der Waals surface area contributed by atoms with Gasteiger partial charge in [-0.2, -0.15) is 0 Å². The highest BCUT2D eigenvalue weighted by Gasteiger charge is 2.21. The first-order chi connectivity index (χ1) is 11.5. The van der Waals surface area contributed by atoms with Crippen LogP contribution in [0.15, 0.2) is 30.3 Å². The molecule has 1 aliphatic rings. The van der Waals surface area contributed by atoms with Crippen LogP contribution < -0.4 is 5.32 Å². The summed E-state index contributed by atoms with van der Waals surface area (Å²) >= 11 is 11.9. The molecule has 24 heavy (non-hydrogen) atoms. The fourth-order valence-corrected chi connectivity index (χ4v) is 2.70. The average Bonchev–Trinajstić information content (AvgIpc) is 2.59. The van der Waals surface area contributed by atoms with Crippen LogP contribution in [0.1, 0.15) is 10.5 Å². The van der Waals surface area contributed by atoms with Gasteiger partial charge in [-0.05, 0) is 37.4 Å². The molecule has 2 heterocycles. The standard InChI is InChI=1S/C16H17Cl2N5O/c1-22-6-8-23(9-7-22)16(24)14-4-5-15(21-20-14)19-11-2-3-12(17)13(18)10-11/h2-5,10H,6-9H2,1H3,(H,19,21). The number of amides is 1. The van der Waals surface area contributed by atoms with E-state index in [2.05, 4.69) is 20.4 Å². The van der Waals surface area contributed by atoms with E-state index in [-0.39, 0.29) is 5.91 Å². The fourth-order valence-electron chi connectivity index (χ4n) is 2.41. The largest absolute Gasteiger partial charge is 0.339 e. The van der Waals surface area contributed by atoms with Crippen molar-refractivity contribution in [2.45, 2.75) is 0 Å². The molecule has 0 bridgehead atoms. The number of piperazine rings is 1. The zero-order valence-corrected chi connectivity index (χ0v) is 14.7. The Morgan fingerprint density at radius 1 is 1.04 bits per heavy atom. The Hall–Kier alpha value is -1.89. The van der Waals surface area contributed by atoms with Gasteiger partial charge in [0.25, 0.3) is 5.91 Å². The minimum atomic E-state index is -0.0864. The van der Waals surface area contributed by atoms with E-state index >= 15 is 0 Å². The number of halogens is 2. The number of nitrogens with zero attached hydrogens (tertiary/aromatic N) is 4. The van der Waals surface area contributed by atoms with Crippen molar-refractivity contribution >= 4 is 40.6 Å². The maximum atomic E-state index is 12.4.